The van der Waals surface area contributed by atoms with Crippen LogP contribution in [0.25, 0.3) is 0 Å². The van der Waals surface area contributed by atoms with Crippen LogP contribution in [-0.2, 0) is 27.9 Å². The Balaban J connectivity index is 2.23. The number of hydrogen-bond donors (Lipinski definition) is 0. The molecule has 140 valence electrons. The van der Waals surface area contributed by atoms with Crippen LogP contribution in [0.4, 0.5) is 0 Å². The Labute approximate surface area is 163 Å². The fraction of sp³-hybridized carbons (Fsp3) is 0.294. The smallest absolute Gasteiger partial charge is 0.238 e. The zero-order valence-corrected chi connectivity index (χ0v) is 16.7. The molecule has 1 amide bonds. The molecule has 1 aromatic carbocycles. The average Bonchev–Trinajstić information content (AvgIpc) is 2.57. The molecule has 0 saturated heterocycles. The predicted molar refractivity (Wildman–Crippen MR) is 102 cm³/mol. The molecule has 0 saturated carbocycles. The lowest BCUT2D eigenvalue weighted by Crippen LogP contribution is -2.40. The third-order valence-electron chi connectivity index (χ3n) is 3.71. The maximum Gasteiger partial charge on any atom is 0.238 e. The van der Waals surface area contributed by atoms with Crippen LogP contribution in [0.15, 0.2) is 42.6 Å². The highest BCUT2D eigenvalue weighted by Gasteiger charge is 2.21. The van der Waals surface area contributed by atoms with Gasteiger partial charge in [-0.3, -0.25) is 9.78 Å². The number of sulfonamides is 1. The van der Waals surface area contributed by atoms with Crippen molar-refractivity contribution < 1.29 is 13.2 Å². The number of likely N-dealkylation sites (N-methyl/N-ethyl adjacent to an activating group) is 1. The normalized spacial score (nSPS) is 11.6. The molecule has 0 bridgehead atoms. The maximum absolute atomic E-state index is 12.7. The SMILES string of the molecule is CN(CC(=O)N(Cc1ccc(Cl)c(Cl)c1)Cc1ccccn1)S(C)(=O)=O. The van der Waals surface area contributed by atoms with Crippen molar-refractivity contribution >= 4 is 39.1 Å². The van der Waals surface area contributed by atoms with Crippen LogP contribution in [0.1, 0.15) is 11.3 Å². The molecule has 0 aliphatic rings. The zero-order chi connectivity index (χ0) is 19.3. The van der Waals surface area contributed by atoms with E-state index in [0.717, 1.165) is 16.1 Å². The quantitative estimate of drug-likeness (QED) is 0.696. The number of amides is 1. The monoisotopic (exact) mass is 415 g/mol. The molecule has 0 fully saturated rings. The van der Waals surface area contributed by atoms with E-state index >= 15 is 0 Å². The number of carbonyl (C=O) groups is 1. The highest BCUT2D eigenvalue weighted by atomic mass is 35.5. The van der Waals surface area contributed by atoms with E-state index in [4.69, 9.17) is 23.2 Å². The standard InChI is InChI=1S/C17H19Cl2N3O3S/c1-21(26(2,24)25)12-17(23)22(11-14-5-3-4-8-20-14)10-13-6-7-15(18)16(19)9-13/h3-9H,10-12H2,1-2H3. The van der Waals surface area contributed by atoms with E-state index in [0.29, 0.717) is 15.7 Å². The van der Waals surface area contributed by atoms with Gasteiger partial charge in [-0.15, -0.1) is 0 Å². The lowest BCUT2D eigenvalue weighted by atomic mass is 10.2. The van der Waals surface area contributed by atoms with Crippen molar-refractivity contribution in [2.24, 2.45) is 0 Å². The first kappa shape index (κ1) is 20.6. The van der Waals surface area contributed by atoms with E-state index in [-0.39, 0.29) is 25.5 Å². The molecular weight excluding hydrogens is 397 g/mol. The summed E-state index contributed by atoms with van der Waals surface area (Å²) in [5, 5.41) is 0.817. The molecule has 0 radical (unpaired) electrons. The summed E-state index contributed by atoms with van der Waals surface area (Å²) in [6.07, 6.45) is 2.70. The Hall–Kier alpha value is -1.67. The molecule has 0 N–H and O–H groups in total. The molecular formula is C17H19Cl2N3O3S. The number of hydrogen-bond acceptors (Lipinski definition) is 4. The van der Waals surface area contributed by atoms with E-state index in [2.05, 4.69) is 4.98 Å². The maximum atomic E-state index is 12.7. The van der Waals surface area contributed by atoms with Crippen molar-refractivity contribution in [3.63, 3.8) is 0 Å². The molecule has 1 heterocycles. The van der Waals surface area contributed by atoms with E-state index in [1.807, 2.05) is 6.07 Å². The van der Waals surface area contributed by atoms with Gasteiger partial charge in [0.2, 0.25) is 15.9 Å². The molecule has 0 aliphatic carbocycles. The number of halogens is 2. The summed E-state index contributed by atoms with van der Waals surface area (Å²) in [6, 6.07) is 10.5. The van der Waals surface area contributed by atoms with Crippen LogP contribution < -0.4 is 0 Å². The van der Waals surface area contributed by atoms with Gasteiger partial charge in [-0.05, 0) is 29.8 Å². The van der Waals surface area contributed by atoms with Crippen LogP contribution in [0.2, 0.25) is 10.0 Å². The zero-order valence-electron chi connectivity index (χ0n) is 14.4. The Kier molecular flexibility index (Phi) is 7.00. The highest BCUT2D eigenvalue weighted by molar-refractivity contribution is 7.88. The fourth-order valence-electron chi connectivity index (χ4n) is 2.19. The number of rotatable bonds is 7. The minimum atomic E-state index is -3.46. The van der Waals surface area contributed by atoms with Gasteiger partial charge in [0.1, 0.15) is 0 Å². The minimum absolute atomic E-state index is 0.248. The van der Waals surface area contributed by atoms with Crippen LogP contribution >= 0.6 is 23.2 Å². The van der Waals surface area contributed by atoms with Gasteiger partial charge in [-0.1, -0.05) is 35.3 Å². The van der Waals surface area contributed by atoms with Crippen molar-refractivity contribution in [2.45, 2.75) is 13.1 Å². The van der Waals surface area contributed by atoms with Gasteiger partial charge in [-0.2, -0.15) is 4.31 Å². The minimum Gasteiger partial charge on any atom is -0.331 e. The summed E-state index contributed by atoms with van der Waals surface area (Å²) < 4.78 is 24.2. The number of benzene rings is 1. The molecule has 2 rings (SSSR count). The first-order chi connectivity index (χ1) is 12.2. The van der Waals surface area contributed by atoms with E-state index in [1.54, 1.807) is 36.5 Å². The molecule has 6 nitrogen and oxygen atoms in total. The number of pyridine rings is 1. The molecule has 9 heteroatoms. The summed E-state index contributed by atoms with van der Waals surface area (Å²) >= 11 is 12.0. The predicted octanol–water partition coefficient (Wildman–Crippen LogP) is 2.81. The molecule has 2 aromatic rings. The summed E-state index contributed by atoms with van der Waals surface area (Å²) in [7, 11) is -2.09. The van der Waals surface area contributed by atoms with E-state index in [9.17, 15) is 13.2 Å². The molecule has 0 atom stereocenters. The van der Waals surface area contributed by atoms with Crippen molar-refractivity contribution in [1.82, 2.24) is 14.2 Å². The Morgan fingerprint density at radius 1 is 1.12 bits per heavy atom. The van der Waals surface area contributed by atoms with Crippen LogP contribution in [0.5, 0.6) is 0 Å². The van der Waals surface area contributed by atoms with E-state index in [1.165, 1.54) is 11.9 Å². The van der Waals surface area contributed by atoms with E-state index < -0.39 is 10.0 Å². The van der Waals surface area contributed by atoms with Crippen molar-refractivity contribution in [3.8, 4) is 0 Å². The fourth-order valence-corrected chi connectivity index (χ4v) is 2.85. The largest absolute Gasteiger partial charge is 0.331 e. The van der Waals surface area contributed by atoms with Crippen LogP contribution in [0.3, 0.4) is 0 Å². The van der Waals surface area contributed by atoms with Crippen molar-refractivity contribution in [2.75, 3.05) is 19.8 Å². The van der Waals surface area contributed by atoms with Gasteiger partial charge in [0.15, 0.2) is 0 Å². The molecule has 26 heavy (non-hydrogen) atoms. The summed E-state index contributed by atoms with van der Waals surface area (Å²) in [5.74, 6) is -0.338. The Morgan fingerprint density at radius 3 is 2.42 bits per heavy atom. The topological polar surface area (TPSA) is 70.6 Å². The van der Waals surface area contributed by atoms with Crippen molar-refractivity contribution in [1.29, 1.82) is 0 Å². The summed E-state index contributed by atoms with van der Waals surface area (Å²) in [4.78, 5) is 18.5. The van der Waals surface area contributed by atoms with Gasteiger partial charge < -0.3 is 4.90 Å². The third kappa shape index (κ3) is 5.95. The van der Waals surface area contributed by atoms with Crippen LogP contribution in [0, 0.1) is 0 Å². The highest BCUT2D eigenvalue weighted by Crippen LogP contribution is 2.23. The molecule has 0 spiro atoms. The lowest BCUT2D eigenvalue weighted by Gasteiger charge is -2.25. The molecule has 0 aliphatic heterocycles. The first-order valence-corrected chi connectivity index (χ1v) is 10.3. The summed E-state index contributed by atoms with van der Waals surface area (Å²) in [6.45, 7) is 0.244. The second kappa shape index (κ2) is 8.81. The third-order valence-corrected chi connectivity index (χ3v) is 5.71. The lowest BCUT2D eigenvalue weighted by molar-refractivity contribution is -0.132. The van der Waals surface area contributed by atoms with Gasteiger partial charge in [-0.25, -0.2) is 8.42 Å². The van der Waals surface area contributed by atoms with Crippen molar-refractivity contribution in [3.05, 3.63) is 63.9 Å². The Morgan fingerprint density at radius 2 is 1.85 bits per heavy atom. The number of nitrogens with zero attached hydrogens (tertiary/aromatic N) is 3. The van der Waals surface area contributed by atoms with Crippen LogP contribution in [-0.4, -0.2) is 48.4 Å². The molecule has 1 aromatic heterocycles. The number of carbonyl (C=O) groups excluding carboxylic acids is 1. The second-order valence-corrected chi connectivity index (χ2v) is 8.74. The van der Waals surface area contributed by atoms with Gasteiger partial charge >= 0.3 is 0 Å². The molecule has 0 unspecified atom stereocenters. The average molecular weight is 416 g/mol. The number of aromatic nitrogens is 1. The first-order valence-electron chi connectivity index (χ1n) is 7.69. The Bertz CT molecular complexity index is 876. The van der Waals surface area contributed by atoms with Gasteiger partial charge in [0.25, 0.3) is 0 Å². The van der Waals surface area contributed by atoms with Gasteiger partial charge in [0.05, 0.1) is 35.1 Å². The summed E-state index contributed by atoms with van der Waals surface area (Å²) in [5.41, 5.74) is 1.48. The second-order valence-electron chi connectivity index (χ2n) is 5.84. The van der Waals surface area contributed by atoms with Gasteiger partial charge in [0, 0.05) is 19.8 Å².